The molecule has 6 heteroatoms. The molecule has 2 unspecified atom stereocenters. The van der Waals surface area contributed by atoms with Gasteiger partial charge in [0, 0.05) is 39.6 Å². The normalized spacial score (nSPS) is 27.0. The van der Waals surface area contributed by atoms with Crippen LogP contribution in [0.3, 0.4) is 0 Å². The molecule has 1 aromatic rings. The van der Waals surface area contributed by atoms with Gasteiger partial charge in [-0.2, -0.15) is 0 Å². The zero-order valence-electron chi connectivity index (χ0n) is 18.5. The van der Waals surface area contributed by atoms with Crippen LogP contribution in [0.25, 0.3) is 0 Å². The largest absolute Gasteiger partial charge is 0.385 e. The highest BCUT2D eigenvalue weighted by Crippen LogP contribution is 2.61. The number of imide groups is 1. The van der Waals surface area contributed by atoms with E-state index in [2.05, 4.69) is 5.32 Å². The molecule has 3 aliphatic rings. The maximum absolute atomic E-state index is 13.4. The molecule has 1 saturated heterocycles. The molecule has 3 amide bonds. The van der Waals surface area contributed by atoms with E-state index in [-0.39, 0.29) is 30.6 Å². The number of carbonyl (C=O) groups is 3. The SMILES string of the molecule is COCCCN1C(=O)CC(CC(=O)NCC2CC23CCCCC3)(c2ccccc2)C1=O. The Morgan fingerprint density at radius 2 is 1.90 bits per heavy atom. The van der Waals surface area contributed by atoms with E-state index in [4.69, 9.17) is 4.74 Å². The van der Waals surface area contributed by atoms with E-state index in [1.165, 1.54) is 43.4 Å². The first-order valence-electron chi connectivity index (χ1n) is 11.7. The molecule has 2 aliphatic carbocycles. The Morgan fingerprint density at radius 1 is 1.16 bits per heavy atom. The summed E-state index contributed by atoms with van der Waals surface area (Å²) in [7, 11) is 1.60. The van der Waals surface area contributed by atoms with Gasteiger partial charge in [0.15, 0.2) is 0 Å². The highest BCUT2D eigenvalue weighted by atomic mass is 16.5. The van der Waals surface area contributed by atoms with Gasteiger partial charge in [0.2, 0.25) is 17.7 Å². The van der Waals surface area contributed by atoms with Crippen molar-refractivity contribution in [3.63, 3.8) is 0 Å². The third kappa shape index (κ3) is 4.40. The van der Waals surface area contributed by atoms with Crippen LogP contribution in [-0.4, -0.2) is 49.4 Å². The second-order valence-electron chi connectivity index (χ2n) is 9.63. The number of hydrogen-bond donors (Lipinski definition) is 1. The Hall–Kier alpha value is -2.21. The number of benzene rings is 1. The first-order valence-corrected chi connectivity index (χ1v) is 11.7. The summed E-state index contributed by atoms with van der Waals surface area (Å²) in [5, 5.41) is 3.10. The van der Waals surface area contributed by atoms with E-state index in [1.54, 1.807) is 7.11 Å². The summed E-state index contributed by atoms with van der Waals surface area (Å²) >= 11 is 0. The molecule has 1 N–H and O–H groups in total. The highest BCUT2D eigenvalue weighted by molar-refractivity contribution is 6.10. The van der Waals surface area contributed by atoms with Gasteiger partial charge in [0.1, 0.15) is 0 Å². The Labute approximate surface area is 184 Å². The zero-order valence-corrected chi connectivity index (χ0v) is 18.5. The van der Waals surface area contributed by atoms with E-state index >= 15 is 0 Å². The van der Waals surface area contributed by atoms with Crippen molar-refractivity contribution in [2.24, 2.45) is 11.3 Å². The van der Waals surface area contributed by atoms with Gasteiger partial charge in [0.25, 0.3) is 0 Å². The van der Waals surface area contributed by atoms with Crippen molar-refractivity contribution >= 4 is 17.7 Å². The average molecular weight is 427 g/mol. The fourth-order valence-corrected chi connectivity index (χ4v) is 5.78. The minimum atomic E-state index is -1.11. The summed E-state index contributed by atoms with van der Waals surface area (Å²) in [6.45, 7) is 1.49. The smallest absolute Gasteiger partial charge is 0.240 e. The molecule has 6 nitrogen and oxygen atoms in total. The Bertz CT molecular complexity index is 818. The molecule has 0 bridgehead atoms. The maximum Gasteiger partial charge on any atom is 0.240 e. The number of nitrogens with one attached hydrogen (secondary N) is 1. The third-order valence-corrected chi connectivity index (χ3v) is 7.68. The summed E-state index contributed by atoms with van der Waals surface area (Å²) in [4.78, 5) is 40.5. The van der Waals surface area contributed by atoms with Crippen LogP contribution in [-0.2, 0) is 24.5 Å². The topological polar surface area (TPSA) is 75.7 Å². The molecule has 1 aromatic carbocycles. The predicted molar refractivity (Wildman–Crippen MR) is 117 cm³/mol. The third-order valence-electron chi connectivity index (χ3n) is 7.68. The van der Waals surface area contributed by atoms with Crippen LogP contribution in [0, 0.1) is 11.3 Å². The van der Waals surface area contributed by atoms with Crippen molar-refractivity contribution in [1.29, 1.82) is 0 Å². The quantitative estimate of drug-likeness (QED) is 0.486. The highest BCUT2D eigenvalue weighted by Gasteiger charge is 2.55. The molecule has 1 aliphatic heterocycles. The lowest BCUT2D eigenvalue weighted by molar-refractivity contribution is -0.141. The zero-order chi connectivity index (χ0) is 21.9. The summed E-state index contributed by atoms with van der Waals surface area (Å²) in [6.07, 6.45) is 8.36. The van der Waals surface area contributed by atoms with Crippen molar-refractivity contribution in [3.8, 4) is 0 Å². The van der Waals surface area contributed by atoms with Gasteiger partial charge in [-0.1, -0.05) is 49.6 Å². The predicted octanol–water partition coefficient (Wildman–Crippen LogP) is 3.20. The first kappa shape index (κ1) is 22.0. The number of likely N-dealkylation sites (tertiary alicyclic amines) is 1. The Kier molecular flexibility index (Phi) is 6.47. The number of hydrogen-bond acceptors (Lipinski definition) is 4. The molecule has 3 fully saturated rings. The fourth-order valence-electron chi connectivity index (χ4n) is 5.78. The molecular weight excluding hydrogens is 392 g/mol. The van der Waals surface area contributed by atoms with E-state index in [1.807, 2.05) is 30.3 Å². The van der Waals surface area contributed by atoms with E-state index < -0.39 is 5.41 Å². The van der Waals surface area contributed by atoms with Crippen LogP contribution in [0.5, 0.6) is 0 Å². The number of methoxy groups -OCH3 is 1. The number of ether oxygens (including phenoxy) is 1. The second-order valence-corrected chi connectivity index (χ2v) is 9.63. The molecule has 4 rings (SSSR count). The van der Waals surface area contributed by atoms with Crippen molar-refractivity contribution in [2.45, 2.75) is 63.2 Å². The number of rotatable bonds is 9. The molecule has 1 heterocycles. The summed E-state index contributed by atoms with van der Waals surface area (Å²) in [5.41, 5.74) is 0.0922. The summed E-state index contributed by atoms with van der Waals surface area (Å²) < 4.78 is 5.07. The molecule has 1 spiro atoms. The Morgan fingerprint density at radius 3 is 2.61 bits per heavy atom. The van der Waals surface area contributed by atoms with Crippen molar-refractivity contribution in [2.75, 3.05) is 26.8 Å². The van der Waals surface area contributed by atoms with Gasteiger partial charge in [0.05, 0.1) is 5.41 Å². The van der Waals surface area contributed by atoms with Crippen LogP contribution in [0.4, 0.5) is 0 Å². The fraction of sp³-hybridized carbons (Fsp3) is 0.640. The second kappa shape index (κ2) is 9.11. The van der Waals surface area contributed by atoms with Gasteiger partial charge >= 0.3 is 0 Å². The van der Waals surface area contributed by atoms with E-state index in [9.17, 15) is 14.4 Å². The van der Waals surface area contributed by atoms with Crippen LogP contribution in [0.1, 0.15) is 63.4 Å². The molecule has 2 saturated carbocycles. The van der Waals surface area contributed by atoms with Crippen molar-refractivity contribution in [3.05, 3.63) is 35.9 Å². The van der Waals surface area contributed by atoms with Crippen LogP contribution in [0.2, 0.25) is 0 Å². The summed E-state index contributed by atoms with van der Waals surface area (Å²) in [5.74, 6) is -0.0382. The van der Waals surface area contributed by atoms with Crippen molar-refractivity contribution in [1.82, 2.24) is 10.2 Å². The summed E-state index contributed by atoms with van der Waals surface area (Å²) in [6, 6.07) is 9.31. The number of nitrogens with zero attached hydrogens (tertiary/aromatic N) is 1. The lowest BCUT2D eigenvalue weighted by Gasteiger charge is -2.27. The molecule has 168 valence electrons. The minimum Gasteiger partial charge on any atom is -0.385 e. The van der Waals surface area contributed by atoms with E-state index in [0.717, 1.165) is 5.56 Å². The van der Waals surface area contributed by atoms with Crippen LogP contribution < -0.4 is 5.32 Å². The first-order chi connectivity index (χ1) is 15.0. The number of amides is 3. The lowest BCUT2D eigenvalue weighted by Crippen LogP contribution is -2.43. The van der Waals surface area contributed by atoms with Gasteiger partial charge in [-0.25, -0.2) is 0 Å². The molecular formula is C25H34N2O4. The maximum atomic E-state index is 13.4. The van der Waals surface area contributed by atoms with Gasteiger partial charge in [-0.3, -0.25) is 19.3 Å². The molecule has 31 heavy (non-hydrogen) atoms. The standard InChI is InChI=1S/C25H34N2O4/c1-31-14-8-13-27-22(29)17-25(23(27)30,19-9-4-2-5-10-19)16-21(28)26-18-20-15-24(20)11-6-3-7-12-24/h2,4-5,9-10,20H,3,6-8,11-18H2,1H3,(H,26,28). The average Bonchev–Trinajstić information content (AvgIpc) is 3.39. The van der Waals surface area contributed by atoms with Crippen LogP contribution >= 0.6 is 0 Å². The monoisotopic (exact) mass is 426 g/mol. The minimum absolute atomic E-state index is 0.0160. The van der Waals surface area contributed by atoms with Crippen LogP contribution in [0.15, 0.2) is 30.3 Å². The molecule has 0 radical (unpaired) electrons. The van der Waals surface area contributed by atoms with Gasteiger partial charge in [-0.15, -0.1) is 0 Å². The lowest BCUT2D eigenvalue weighted by atomic mass is 9.75. The van der Waals surface area contributed by atoms with Crippen molar-refractivity contribution < 1.29 is 19.1 Å². The molecule has 0 aromatic heterocycles. The van der Waals surface area contributed by atoms with E-state index in [0.29, 0.717) is 37.5 Å². The van der Waals surface area contributed by atoms with Gasteiger partial charge < -0.3 is 10.1 Å². The Balaban J connectivity index is 1.44. The van der Waals surface area contributed by atoms with Gasteiger partial charge in [-0.05, 0) is 42.6 Å². The molecule has 2 atom stereocenters. The number of carbonyl (C=O) groups excluding carboxylic acids is 3.